The number of ether oxygens (including phenoxy) is 1. The molecule has 1 unspecified atom stereocenters. The number of aliphatic hydroxyl groups is 1. The lowest BCUT2D eigenvalue weighted by molar-refractivity contribution is 0.105. The third-order valence-electron chi connectivity index (χ3n) is 2.78. The lowest BCUT2D eigenvalue weighted by Crippen LogP contribution is -2.35. The van der Waals surface area contributed by atoms with E-state index in [2.05, 4.69) is 5.32 Å². The lowest BCUT2D eigenvalue weighted by Gasteiger charge is -2.15. The van der Waals surface area contributed by atoms with E-state index in [1.54, 1.807) is 0 Å². The smallest absolute Gasteiger partial charge is 0.127 e. The van der Waals surface area contributed by atoms with Crippen LogP contribution in [0.1, 0.15) is 16.6 Å². The van der Waals surface area contributed by atoms with Crippen LogP contribution in [0.4, 0.5) is 0 Å². The Morgan fingerprint density at radius 2 is 2.05 bits per heavy atom. The third-order valence-corrected chi connectivity index (χ3v) is 2.78. The van der Waals surface area contributed by atoms with E-state index in [0.717, 1.165) is 10.8 Å². The molecule has 0 saturated carbocycles. The van der Waals surface area contributed by atoms with Gasteiger partial charge in [0.25, 0.3) is 0 Å². The molecule has 0 amide bonds. The summed E-state index contributed by atoms with van der Waals surface area (Å²) in [6.07, 6.45) is -0.638. The standard InChI is InChI=1S/C16H21NO2/c1-12(2)17-10-14(18)11-19-16-9-5-7-13-6-3-4-8-15(13)16/h3-9,12,14,17-18H,10-11H2,1-2H3/i7D,9D. The molecule has 0 saturated heterocycles. The number of rotatable bonds is 6. The summed E-state index contributed by atoms with van der Waals surface area (Å²) in [6, 6.07) is 9.62. The van der Waals surface area contributed by atoms with Crippen molar-refractivity contribution >= 4 is 10.8 Å². The zero-order valence-corrected chi connectivity index (χ0v) is 11.3. The fraction of sp³-hybridized carbons (Fsp3) is 0.375. The summed E-state index contributed by atoms with van der Waals surface area (Å²) in [4.78, 5) is 0. The average molecular weight is 261 g/mol. The van der Waals surface area contributed by atoms with Crippen molar-refractivity contribution in [2.45, 2.75) is 26.0 Å². The minimum Gasteiger partial charge on any atom is -0.490 e. The van der Waals surface area contributed by atoms with Crippen LogP contribution in [0.5, 0.6) is 5.75 Å². The van der Waals surface area contributed by atoms with Crippen molar-refractivity contribution < 1.29 is 12.6 Å². The fourth-order valence-corrected chi connectivity index (χ4v) is 1.79. The molecule has 2 N–H and O–H groups in total. The normalized spacial score (nSPS) is 14.3. The first kappa shape index (κ1) is 11.3. The van der Waals surface area contributed by atoms with Crippen molar-refractivity contribution in [1.29, 1.82) is 0 Å². The maximum Gasteiger partial charge on any atom is 0.127 e. The summed E-state index contributed by atoms with van der Waals surface area (Å²) in [6.45, 7) is 4.58. The molecule has 3 heteroatoms. The van der Waals surface area contributed by atoms with E-state index in [9.17, 15) is 5.11 Å². The highest BCUT2D eigenvalue weighted by molar-refractivity contribution is 5.88. The van der Waals surface area contributed by atoms with Gasteiger partial charge in [0.05, 0.1) is 2.74 Å². The van der Waals surface area contributed by atoms with E-state index in [0.29, 0.717) is 24.4 Å². The van der Waals surface area contributed by atoms with Crippen molar-refractivity contribution in [3.8, 4) is 5.75 Å². The summed E-state index contributed by atoms with van der Waals surface area (Å²) < 4.78 is 21.5. The SMILES string of the molecule is [2H]c1cc([2H])c2ccccc2c1OCC(O)CNC(C)C. The molecule has 102 valence electrons. The molecule has 2 aromatic rings. The summed E-state index contributed by atoms with van der Waals surface area (Å²) in [5.74, 6) is 0.421. The summed E-state index contributed by atoms with van der Waals surface area (Å²) in [5, 5.41) is 14.5. The second kappa shape index (κ2) is 6.55. The number of hydrogen-bond donors (Lipinski definition) is 2. The van der Waals surface area contributed by atoms with Gasteiger partial charge in [0, 0.05) is 18.0 Å². The Labute approximate surface area is 117 Å². The van der Waals surface area contributed by atoms with Gasteiger partial charge in [0.1, 0.15) is 18.5 Å². The highest BCUT2D eigenvalue weighted by atomic mass is 16.5. The van der Waals surface area contributed by atoms with Gasteiger partial charge in [-0.15, -0.1) is 0 Å². The van der Waals surface area contributed by atoms with Crippen LogP contribution in [-0.4, -0.2) is 30.4 Å². The third kappa shape index (κ3) is 3.94. The predicted octanol–water partition coefficient (Wildman–Crippen LogP) is 2.58. The molecule has 0 aliphatic rings. The monoisotopic (exact) mass is 261 g/mol. The number of nitrogens with one attached hydrogen (secondary N) is 1. The first-order valence-electron chi connectivity index (χ1n) is 7.52. The van der Waals surface area contributed by atoms with E-state index in [-0.39, 0.29) is 12.6 Å². The Morgan fingerprint density at radius 1 is 1.26 bits per heavy atom. The van der Waals surface area contributed by atoms with E-state index in [4.69, 9.17) is 7.48 Å². The zero-order chi connectivity index (χ0) is 15.4. The molecule has 19 heavy (non-hydrogen) atoms. The summed E-state index contributed by atoms with van der Waals surface area (Å²) >= 11 is 0. The minimum atomic E-state index is -0.638. The topological polar surface area (TPSA) is 41.5 Å². The number of hydrogen-bond acceptors (Lipinski definition) is 3. The van der Waals surface area contributed by atoms with Crippen molar-refractivity contribution in [2.75, 3.05) is 13.2 Å². The highest BCUT2D eigenvalue weighted by Gasteiger charge is 2.07. The molecule has 0 aliphatic carbocycles. The molecule has 3 nitrogen and oxygen atoms in total. The van der Waals surface area contributed by atoms with Crippen LogP contribution in [0.25, 0.3) is 10.8 Å². The quantitative estimate of drug-likeness (QED) is 0.839. The Morgan fingerprint density at radius 3 is 2.84 bits per heavy atom. The van der Waals surface area contributed by atoms with Crippen molar-refractivity contribution in [3.05, 3.63) is 42.4 Å². The molecule has 0 aromatic heterocycles. The van der Waals surface area contributed by atoms with Gasteiger partial charge in [0.2, 0.25) is 0 Å². The first-order valence-corrected chi connectivity index (χ1v) is 6.52. The molecule has 0 fully saturated rings. The van der Waals surface area contributed by atoms with E-state index >= 15 is 0 Å². The maximum atomic E-state index is 9.89. The number of benzene rings is 2. The van der Waals surface area contributed by atoms with Crippen LogP contribution >= 0.6 is 0 Å². The molecular weight excluding hydrogens is 238 g/mol. The lowest BCUT2D eigenvalue weighted by atomic mass is 10.1. The van der Waals surface area contributed by atoms with E-state index in [1.807, 2.05) is 38.1 Å². The number of fused-ring (bicyclic) bond motifs is 1. The van der Waals surface area contributed by atoms with Gasteiger partial charge < -0.3 is 15.2 Å². The van der Waals surface area contributed by atoms with E-state index in [1.165, 1.54) is 6.07 Å². The Kier molecular flexibility index (Phi) is 3.88. The molecule has 1 atom stereocenters. The summed E-state index contributed by atoms with van der Waals surface area (Å²) in [7, 11) is 0. The van der Waals surface area contributed by atoms with Gasteiger partial charge in [-0.3, -0.25) is 0 Å². The highest BCUT2D eigenvalue weighted by Crippen LogP contribution is 2.25. The molecule has 0 bridgehead atoms. The van der Waals surface area contributed by atoms with Crippen molar-refractivity contribution in [2.24, 2.45) is 0 Å². The van der Waals surface area contributed by atoms with Gasteiger partial charge >= 0.3 is 0 Å². The fourth-order valence-electron chi connectivity index (χ4n) is 1.79. The largest absolute Gasteiger partial charge is 0.490 e. The Bertz CT molecular complexity index is 616. The van der Waals surface area contributed by atoms with Crippen LogP contribution < -0.4 is 10.1 Å². The van der Waals surface area contributed by atoms with Crippen molar-refractivity contribution in [3.63, 3.8) is 0 Å². The second-order valence-electron chi connectivity index (χ2n) is 4.84. The van der Waals surface area contributed by atoms with Gasteiger partial charge in [-0.25, -0.2) is 0 Å². The zero-order valence-electron chi connectivity index (χ0n) is 13.3. The molecule has 2 rings (SSSR count). The molecule has 0 radical (unpaired) electrons. The van der Waals surface area contributed by atoms with Crippen LogP contribution in [0, 0.1) is 0 Å². The average Bonchev–Trinajstić information content (AvgIpc) is 2.45. The Hall–Kier alpha value is -1.58. The minimum absolute atomic E-state index is 0.118. The molecule has 2 aromatic carbocycles. The predicted molar refractivity (Wildman–Crippen MR) is 78.6 cm³/mol. The number of aliphatic hydroxyl groups excluding tert-OH is 1. The molecule has 0 spiro atoms. The Balaban J connectivity index is 2.15. The summed E-state index contributed by atoms with van der Waals surface area (Å²) in [5.41, 5.74) is 0. The van der Waals surface area contributed by atoms with Crippen molar-refractivity contribution in [1.82, 2.24) is 5.32 Å². The van der Waals surface area contributed by atoms with Crippen LogP contribution in [0.15, 0.2) is 42.4 Å². The van der Waals surface area contributed by atoms with Crippen LogP contribution in [0.2, 0.25) is 0 Å². The first-order chi connectivity index (χ1) is 9.99. The maximum absolute atomic E-state index is 9.89. The van der Waals surface area contributed by atoms with Crippen LogP contribution in [0.3, 0.4) is 0 Å². The van der Waals surface area contributed by atoms with E-state index < -0.39 is 6.10 Å². The van der Waals surface area contributed by atoms with Gasteiger partial charge in [-0.1, -0.05) is 50.2 Å². The van der Waals surface area contributed by atoms with Gasteiger partial charge in [0.15, 0.2) is 0 Å². The molecule has 0 aliphatic heterocycles. The molecule has 0 heterocycles. The second-order valence-corrected chi connectivity index (χ2v) is 4.84. The molecular formula is C16H21NO2. The van der Waals surface area contributed by atoms with Crippen LogP contribution in [-0.2, 0) is 0 Å². The van der Waals surface area contributed by atoms with Gasteiger partial charge in [-0.2, -0.15) is 0 Å². The van der Waals surface area contributed by atoms with Gasteiger partial charge in [-0.05, 0) is 11.4 Å².